The van der Waals surface area contributed by atoms with E-state index >= 15 is 0 Å². The largest absolute Gasteiger partial charge is 0.469 e. The number of nitrogens with zero attached hydrogens (tertiary/aromatic N) is 2. The number of rotatable bonds is 6. The van der Waals surface area contributed by atoms with E-state index < -0.39 is 10.8 Å². The predicted molar refractivity (Wildman–Crippen MR) is 70.5 cm³/mol. The molecule has 0 bridgehead atoms. The van der Waals surface area contributed by atoms with Crippen molar-refractivity contribution < 1.29 is 13.7 Å². The van der Waals surface area contributed by atoms with Crippen molar-refractivity contribution in [1.29, 1.82) is 0 Å². The highest BCUT2D eigenvalue weighted by molar-refractivity contribution is 7.84. The van der Waals surface area contributed by atoms with E-state index in [0.29, 0.717) is 11.5 Å². The molecule has 2 unspecified atom stereocenters. The lowest BCUT2D eigenvalue weighted by Crippen LogP contribution is -2.20. The Balaban J connectivity index is 2.59. The zero-order chi connectivity index (χ0) is 13.7. The maximum atomic E-state index is 12.0. The Labute approximate surface area is 110 Å². The van der Waals surface area contributed by atoms with Gasteiger partial charge >= 0.3 is 5.97 Å². The second-order valence-electron chi connectivity index (χ2n) is 4.28. The van der Waals surface area contributed by atoms with Crippen molar-refractivity contribution in [3.63, 3.8) is 0 Å². The number of ether oxygens (including phenoxy) is 1. The minimum Gasteiger partial charge on any atom is -0.469 e. The van der Waals surface area contributed by atoms with Crippen molar-refractivity contribution in [2.75, 3.05) is 12.9 Å². The van der Waals surface area contributed by atoms with E-state index in [1.807, 2.05) is 20.0 Å². The molecule has 0 radical (unpaired) electrons. The summed E-state index contributed by atoms with van der Waals surface area (Å²) in [6, 6.07) is 1.96. The van der Waals surface area contributed by atoms with Crippen molar-refractivity contribution >= 4 is 16.8 Å². The second kappa shape index (κ2) is 6.68. The topological polar surface area (TPSA) is 61.2 Å². The van der Waals surface area contributed by atoms with Crippen LogP contribution in [0.5, 0.6) is 0 Å². The van der Waals surface area contributed by atoms with Gasteiger partial charge in [0.25, 0.3) is 0 Å². The SMILES string of the molecule is CCc1cc(CS(=O)CC(C)C(=O)OC)n(C)n1. The van der Waals surface area contributed by atoms with E-state index in [1.165, 1.54) is 7.11 Å². The molecule has 0 aromatic carbocycles. The fourth-order valence-corrected chi connectivity index (χ4v) is 3.06. The number of aryl methyl sites for hydroxylation is 2. The van der Waals surface area contributed by atoms with Gasteiger partial charge in [-0.25, -0.2) is 0 Å². The zero-order valence-corrected chi connectivity index (χ0v) is 12.1. The third-order valence-electron chi connectivity index (χ3n) is 2.74. The number of esters is 1. The molecule has 102 valence electrons. The van der Waals surface area contributed by atoms with Crippen LogP contribution in [0.1, 0.15) is 25.2 Å². The maximum absolute atomic E-state index is 12.0. The summed E-state index contributed by atoms with van der Waals surface area (Å²) in [5, 5.41) is 4.30. The standard InChI is InChI=1S/C12H20N2O3S/c1-5-10-6-11(14(3)13-10)8-18(16)7-9(2)12(15)17-4/h6,9H,5,7-8H2,1-4H3. The van der Waals surface area contributed by atoms with Crippen LogP contribution in [0.15, 0.2) is 6.07 Å². The molecule has 1 rings (SSSR count). The number of hydrogen-bond acceptors (Lipinski definition) is 4. The first-order valence-electron chi connectivity index (χ1n) is 5.92. The molecule has 2 atom stereocenters. The maximum Gasteiger partial charge on any atom is 0.309 e. The molecule has 0 fully saturated rings. The van der Waals surface area contributed by atoms with Gasteiger partial charge in [-0.3, -0.25) is 13.7 Å². The number of carbonyl (C=O) groups is 1. The molecule has 1 heterocycles. The lowest BCUT2D eigenvalue weighted by atomic mass is 10.2. The van der Waals surface area contributed by atoms with Crippen LogP contribution < -0.4 is 0 Å². The minimum absolute atomic E-state index is 0.317. The summed E-state index contributed by atoms with van der Waals surface area (Å²) < 4.78 is 18.3. The summed E-state index contributed by atoms with van der Waals surface area (Å²) in [6.07, 6.45) is 0.860. The molecule has 1 aromatic rings. The van der Waals surface area contributed by atoms with E-state index in [1.54, 1.807) is 11.6 Å². The second-order valence-corrected chi connectivity index (χ2v) is 5.78. The van der Waals surface area contributed by atoms with Gasteiger partial charge in [0.2, 0.25) is 0 Å². The Morgan fingerprint density at radius 2 is 2.28 bits per heavy atom. The molecule has 0 spiro atoms. The summed E-state index contributed by atoms with van der Waals surface area (Å²) in [5.74, 6) is 0.0850. The molecule has 0 aliphatic heterocycles. The van der Waals surface area contributed by atoms with Crippen molar-refractivity contribution in [3.05, 3.63) is 17.5 Å². The Morgan fingerprint density at radius 1 is 1.61 bits per heavy atom. The van der Waals surface area contributed by atoms with Crippen molar-refractivity contribution in [2.45, 2.75) is 26.0 Å². The van der Waals surface area contributed by atoms with Crippen molar-refractivity contribution in [2.24, 2.45) is 13.0 Å². The van der Waals surface area contributed by atoms with Gasteiger partial charge in [-0.1, -0.05) is 13.8 Å². The zero-order valence-electron chi connectivity index (χ0n) is 11.3. The van der Waals surface area contributed by atoms with E-state index in [0.717, 1.165) is 17.8 Å². The summed E-state index contributed by atoms with van der Waals surface area (Å²) >= 11 is 0. The van der Waals surface area contributed by atoms with Crippen LogP contribution in [-0.4, -0.2) is 32.8 Å². The minimum atomic E-state index is -1.08. The van der Waals surface area contributed by atoms with Gasteiger partial charge in [-0.05, 0) is 12.5 Å². The highest BCUT2D eigenvalue weighted by Crippen LogP contribution is 2.09. The van der Waals surface area contributed by atoms with Gasteiger partial charge < -0.3 is 4.74 Å². The van der Waals surface area contributed by atoms with Crippen LogP contribution in [0, 0.1) is 5.92 Å². The molecule has 0 aliphatic rings. The lowest BCUT2D eigenvalue weighted by Gasteiger charge is -2.08. The smallest absolute Gasteiger partial charge is 0.309 e. The molecule has 6 heteroatoms. The van der Waals surface area contributed by atoms with Gasteiger partial charge in [0, 0.05) is 23.6 Å². The molecule has 0 saturated carbocycles. The molecule has 18 heavy (non-hydrogen) atoms. The van der Waals surface area contributed by atoms with Crippen molar-refractivity contribution in [3.8, 4) is 0 Å². The van der Waals surface area contributed by atoms with Gasteiger partial charge in [0.15, 0.2) is 0 Å². The average Bonchev–Trinajstić information content (AvgIpc) is 2.68. The monoisotopic (exact) mass is 272 g/mol. The highest BCUT2D eigenvalue weighted by atomic mass is 32.2. The predicted octanol–water partition coefficient (Wildman–Crippen LogP) is 1.04. The van der Waals surface area contributed by atoms with Gasteiger partial charge in [0.1, 0.15) is 0 Å². The number of aromatic nitrogens is 2. The first-order chi connectivity index (χ1) is 8.47. The molecule has 5 nitrogen and oxygen atoms in total. The summed E-state index contributed by atoms with van der Waals surface area (Å²) in [7, 11) is 2.10. The number of carbonyl (C=O) groups excluding carboxylic acids is 1. The van der Waals surface area contributed by atoms with Crippen LogP contribution in [0.25, 0.3) is 0 Å². The Hall–Kier alpha value is -1.17. The average molecular weight is 272 g/mol. The Bertz CT molecular complexity index is 443. The van der Waals surface area contributed by atoms with Gasteiger partial charge in [-0.15, -0.1) is 0 Å². The first kappa shape index (κ1) is 14.9. The normalized spacial score (nSPS) is 14.2. The molecular weight excluding hydrogens is 252 g/mol. The Morgan fingerprint density at radius 3 is 2.78 bits per heavy atom. The molecule has 1 aromatic heterocycles. The molecule has 0 N–H and O–H groups in total. The van der Waals surface area contributed by atoms with E-state index in [4.69, 9.17) is 0 Å². The molecule has 0 aliphatic carbocycles. The highest BCUT2D eigenvalue weighted by Gasteiger charge is 2.17. The fourth-order valence-electron chi connectivity index (χ4n) is 1.65. The molecule has 0 saturated heterocycles. The van der Waals surface area contributed by atoms with Gasteiger partial charge in [-0.2, -0.15) is 5.10 Å². The third-order valence-corrected chi connectivity index (χ3v) is 4.23. The van der Waals surface area contributed by atoms with E-state index in [9.17, 15) is 9.00 Å². The third kappa shape index (κ3) is 3.94. The van der Waals surface area contributed by atoms with Gasteiger partial charge in [0.05, 0.1) is 30.2 Å². The summed E-state index contributed by atoms with van der Waals surface area (Å²) in [6.45, 7) is 3.76. The number of hydrogen-bond donors (Lipinski definition) is 0. The van der Waals surface area contributed by atoms with Crippen LogP contribution in [0.2, 0.25) is 0 Å². The summed E-state index contributed by atoms with van der Waals surface area (Å²) in [5.41, 5.74) is 1.92. The van der Waals surface area contributed by atoms with Crippen LogP contribution in [0.4, 0.5) is 0 Å². The Kier molecular flexibility index (Phi) is 5.53. The van der Waals surface area contributed by atoms with Crippen molar-refractivity contribution in [1.82, 2.24) is 9.78 Å². The summed E-state index contributed by atoms with van der Waals surface area (Å²) in [4.78, 5) is 11.2. The fraction of sp³-hybridized carbons (Fsp3) is 0.667. The molecular formula is C12H20N2O3S. The molecule has 0 amide bonds. The van der Waals surface area contributed by atoms with Crippen LogP contribution >= 0.6 is 0 Å². The van der Waals surface area contributed by atoms with E-state index in [-0.39, 0.29) is 11.9 Å². The first-order valence-corrected chi connectivity index (χ1v) is 7.41. The van der Waals surface area contributed by atoms with Crippen LogP contribution in [-0.2, 0) is 39.6 Å². The lowest BCUT2D eigenvalue weighted by molar-refractivity contribution is -0.144. The number of methoxy groups -OCH3 is 1. The van der Waals surface area contributed by atoms with E-state index in [2.05, 4.69) is 9.84 Å². The van der Waals surface area contributed by atoms with Crippen LogP contribution in [0.3, 0.4) is 0 Å². The quantitative estimate of drug-likeness (QED) is 0.726.